The van der Waals surface area contributed by atoms with Crippen LogP contribution in [0, 0.1) is 0 Å². The number of aromatic hydroxyl groups is 1. The van der Waals surface area contributed by atoms with E-state index < -0.39 is 0 Å². The van der Waals surface area contributed by atoms with Crippen LogP contribution in [-0.4, -0.2) is 16.6 Å². The first-order valence-electron chi connectivity index (χ1n) is 4.51. The second kappa shape index (κ2) is 11.3. The van der Waals surface area contributed by atoms with Crippen molar-refractivity contribution in [1.29, 1.82) is 0 Å². The molecule has 0 fully saturated rings. The number of hydrogen-bond acceptors (Lipinski definition) is 3. The van der Waals surface area contributed by atoms with E-state index in [1.54, 1.807) is 45.9 Å². The van der Waals surface area contributed by atoms with Crippen LogP contribution in [0.1, 0.15) is 0 Å². The van der Waals surface area contributed by atoms with E-state index in [-0.39, 0.29) is 0 Å². The molecule has 1 rings (SSSR count). The second-order valence-corrected chi connectivity index (χ2v) is 5.03. The molecule has 0 aliphatic carbocycles. The van der Waals surface area contributed by atoms with Crippen molar-refractivity contribution >= 4 is 21.6 Å². The first kappa shape index (κ1) is 14.2. The highest BCUT2D eigenvalue weighted by molar-refractivity contribution is 8.76. The van der Waals surface area contributed by atoms with Crippen LogP contribution in [0.3, 0.4) is 0 Å². The minimum atomic E-state index is 0.322. The Balaban J connectivity index is 0.000000262. The molecule has 0 aliphatic heterocycles. The van der Waals surface area contributed by atoms with Crippen LogP contribution in [0.15, 0.2) is 55.6 Å². The van der Waals surface area contributed by atoms with Gasteiger partial charge in [-0.25, -0.2) is 0 Å². The lowest BCUT2D eigenvalue weighted by Gasteiger charge is -1.89. The lowest BCUT2D eigenvalue weighted by Crippen LogP contribution is -1.64. The first-order chi connectivity index (χ1) is 7.31. The maximum Gasteiger partial charge on any atom is 0.115 e. The molecule has 15 heavy (non-hydrogen) atoms. The van der Waals surface area contributed by atoms with Crippen LogP contribution in [0.2, 0.25) is 0 Å². The van der Waals surface area contributed by atoms with Crippen molar-refractivity contribution in [1.82, 2.24) is 0 Å². The fourth-order valence-electron chi connectivity index (χ4n) is 0.620. The molecule has 0 saturated heterocycles. The molecule has 0 bridgehead atoms. The summed E-state index contributed by atoms with van der Waals surface area (Å²) in [4.78, 5) is 0. The predicted molar refractivity (Wildman–Crippen MR) is 73.4 cm³/mol. The van der Waals surface area contributed by atoms with E-state index in [1.165, 1.54) is 0 Å². The molecular weight excluding hydrogens is 224 g/mol. The third-order valence-corrected chi connectivity index (χ3v) is 3.44. The van der Waals surface area contributed by atoms with Gasteiger partial charge in [0.1, 0.15) is 5.75 Å². The Bertz CT molecular complexity index is 250. The molecule has 0 spiro atoms. The lowest BCUT2D eigenvalue weighted by atomic mass is 10.3. The third-order valence-electron chi connectivity index (χ3n) is 1.21. The van der Waals surface area contributed by atoms with Crippen LogP contribution >= 0.6 is 21.6 Å². The molecular formula is C12H16OS2. The van der Waals surface area contributed by atoms with Gasteiger partial charge in [-0.15, -0.1) is 13.2 Å². The van der Waals surface area contributed by atoms with Gasteiger partial charge in [0.15, 0.2) is 0 Å². The number of phenolic OH excluding ortho intramolecular Hbond substituents is 1. The van der Waals surface area contributed by atoms with E-state index >= 15 is 0 Å². The summed E-state index contributed by atoms with van der Waals surface area (Å²) in [6, 6.07) is 8.71. The van der Waals surface area contributed by atoms with Gasteiger partial charge in [0.2, 0.25) is 0 Å². The number of hydrogen-bond donors (Lipinski definition) is 1. The third kappa shape index (κ3) is 11.1. The zero-order chi connectivity index (χ0) is 11.4. The topological polar surface area (TPSA) is 20.2 Å². The largest absolute Gasteiger partial charge is 0.508 e. The van der Waals surface area contributed by atoms with Gasteiger partial charge in [0.05, 0.1) is 0 Å². The van der Waals surface area contributed by atoms with Gasteiger partial charge in [0, 0.05) is 11.5 Å². The van der Waals surface area contributed by atoms with Crippen molar-refractivity contribution in [2.75, 3.05) is 11.5 Å². The number of para-hydroxylation sites is 1. The average molecular weight is 240 g/mol. The maximum absolute atomic E-state index is 8.63. The van der Waals surface area contributed by atoms with Gasteiger partial charge >= 0.3 is 0 Å². The van der Waals surface area contributed by atoms with E-state index in [4.69, 9.17) is 5.11 Å². The predicted octanol–water partition coefficient (Wildman–Crippen LogP) is 4.13. The molecule has 1 aromatic rings. The normalized spacial score (nSPS) is 8.53. The standard InChI is InChI=1S/C6H6O.C6H10S2/c7-6-4-2-1-3-5-6;1-3-5-7-8-6-4-2/h1-5,7H;3-4H,1-2,5-6H2. The van der Waals surface area contributed by atoms with Gasteiger partial charge < -0.3 is 5.11 Å². The number of phenols is 1. The maximum atomic E-state index is 8.63. The molecule has 1 nitrogen and oxygen atoms in total. The van der Waals surface area contributed by atoms with Gasteiger partial charge in [-0.1, -0.05) is 51.9 Å². The Morgan fingerprint density at radius 2 is 1.47 bits per heavy atom. The quantitative estimate of drug-likeness (QED) is 0.475. The molecule has 0 radical (unpaired) electrons. The van der Waals surface area contributed by atoms with Crippen LogP contribution in [0.5, 0.6) is 5.75 Å². The van der Waals surface area contributed by atoms with Crippen LogP contribution in [-0.2, 0) is 0 Å². The number of benzene rings is 1. The van der Waals surface area contributed by atoms with Gasteiger partial charge in [0.25, 0.3) is 0 Å². The summed E-state index contributed by atoms with van der Waals surface area (Å²) in [5.41, 5.74) is 0. The molecule has 3 heteroatoms. The summed E-state index contributed by atoms with van der Waals surface area (Å²) in [6.45, 7) is 7.20. The molecule has 0 aliphatic rings. The van der Waals surface area contributed by atoms with Crippen molar-refractivity contribution < 1.29 is 5.11 Å². The van der Waals surface area contributed by atoms with Crippen LogP contribution in [0.25, 0.3) is 0 Å². The number of rotatable bonds is 5. The minimum Gasteiger partial charge on any atom is -0.508 e. The van der Waals surface area contributed by atoms with E-state index in [0.29, 0.717) is 5.75 Å². The Hall–Kier alpha value is -0.800. The first-order valence-corrected chi connectivity index (χ1v) is 7.00. The Labute approximate surface area is 99.7 Å². The summed E-state index contributed by atoms with van der Waals surface area (Å²) in [5, 5.41) is 8.63. The Morgan fingerprint density at radius 1 is 1.00 bits per heavy atom. The SMILES string of the molecule is C=CCSSCC=C.Oc1ccccc1. The van der Waals surface area contributed by atoms with E-state index in [2.05, 4.69) is 13.2 Å². The summed E-state index contributed by atoms with van der Waals surface area (Å²) < 4.78 is 0. The van der Waals surface area contributed by atoms with Crippen molar-refractivity contribution in [2.45, 2.75) is 0 Å². The van der Waals surface area contributed by atoms with Crippen molar-refractivity contribution in [2.24, 2.45) is 0 Å². The van der Waals surface area contributed by atoms with Crippen molar-refractivity contribution in [3.63, 3.8) is 0 Å². The molecule has 0 saturated carbocycles. The highest BCUT2D eigenvalue weighted by Crippen LogP contribution is 2.20. The van der Waals surface area contributed by atoms with E-state index in [9.17, 15) is 0 Å². The second-order valence-electron chi connectivity index (χ2n) is 2.48. The highest BCUT2D eigenvalue weighted by atomic mass is 33.1. The summed E-state index contributed by atoms with van der Waals surface area (Å²) in [6.07, 6.45) is 3.81. The van der Waals surface area contributed by atoms with Crippen molar-refractivity contribution in [3.05, 3.63) is 55.6 Å². The summed E-state index contributed by atoms with van der Waals surface area (Å²) in [7, 11) is 3.61. The van der Waals surface area contributed by atoms with Gasteiger partial charge in [-0.2, -0.15) is 0 Å². The lowest BCUT2D eigenvalue weighted by molar-refractivity contribution is 0.475. The molecule has 0 heterocycles. The average Bonchev–Trinajstić information content (AvgIpc) is 2.27. The van der Waals surface area contributed by atoms with Crippen LogP contribution < -0.4 is 0 Å². The van der Waals surface area contributed by atoms with Crippen LogP contribution in [0.4, 0.5) is 0 Å². The zero-order valence-electron chi connectivity index (χ0n) is 8.63. The van der Waals surface area contributed by atoms with E-state index in [1.807, 2.05) is 18.2 Å². The van der Waals surface area contributed by atoms with E-state index in [0.717, 1.165) is 11.5 Å². The van der Waals surface area contributed by atoms with Crippen molar-refractivity contribution in [3.8, 4) is 5.75 Å². The molecule has 82 valence electrons. The fraction of sp³-hybridized carbons (Fsp3) is 0.167. The monoisotopic (exact) mass is 240 g/mol. The molecule has 1 aromatic carbocycles. The highest BCUT2D eigenvalue weighted by Gasteiger charge is 1.79. The molecule has 0 amide bonds. The van der Waals surface area contributed by atoms with Gasteiger partial charge in [-0.3, -0.25) is 0 Å². The Morgan fingerprint density at radius 3 is 1.73 bits per heavy atom. The fourth-order valence-corrected chi connectivity index (χ4v) is 2.16. The molecule has 1 N–H and O–H groups in total. The van der Waals surface area contributed by atoms with Gasteiger partial charge in [-0.05, 0) is 12.1 Å². The summed E-state index contributed by atoms with van der Waals surface area (Å²) in [5.74, 6) is 2.37. The molecule has 0 aromatic heterocycles. The summed E-state index contributed by atoms with van der Waals surface area (Å²) >= 11 is 0. The minimum absolute atomic E-state index is 0.322. The zero-order valence-corrected chi connectivity index (χ0v) is 10.3. The Kier molecular flexibility index (Phi) is 10.7. The molecule has 0 atom stereocenters. The smallest absolute Gasteiger partial charge is 0.115 e. The molecule has 0 unspecified atom stereocenters.